The Morgan fingerprint density at radius 1 is 1.22 bits per heavy atom. The number of anilines is 2. The molecule has 2 N–H and O–H groups in total. The maximum Gasteiger partial charge on any atom is 0.0931 e. The van der Waals surface area contributed by atoms with Crippen LogP contribution in [0.3, 0.4) is 0 Å². The molecule has 0 saturated carbocycles. The number of nitrogens with zero attached hydrogens (tertiary/aromatic N) is 1. The minimum Gasteiger partial charge on any atom is -0.384 e. The minimum absolute atomic E-state index is 0.848. The van der Waals surface area contributed by atoms with E-state index in [1.54, 1.807) is 11.3 Å². The monoisotopic (exact) mass is 281 g/mol. The zero-order valence-corrected chi connectivity index (χ0v) is 11.8. The molecule has 0 radical (unpaired) electrons. The molecule has 96 valence electrons. The summed E-state index contributed by atoms with van der Waals surface area (Å²) < 4.78 is 0.848. The highest BCUT2D eigenvalue weighted by Gasteiger charge is 1.99. The smallest absolute Gasteiger partial charge is 0.0931 e. The van der Waals surface area contributed by atoms with Crippen molar-refractivity contribution >= 4 is 34.3 Å². The summed E-state index contributed by atoms with van der Waals surface area (Å²) in [5, 5.41) is 6.60. The van der Waals surface area contributed by atoms with Crippen molar-refractivity contribution in [1.29, 1.82) is 0 Å². The molecule has 0 aliphatic carbocycles. The molecular formula is C13H16ClN3S. The normalized spacial score (nSPS) is 10.3. The lowest BCUT2D eigenvalue weighted by Crippen LogP contribution is -2.05. The van der Waals surface area contributed by atoms with Crippen LogP contribution in [0.4, 0.5) is 11.4 Å². The topological polar surface area (TPSA) is 37.0 Å². The van der Waals surface area contributed by atoms with Crippen molar-refractivity contribution in [3.05, 3.63) is 39.8 Å². The van der Waals surface area contributed by atoms with E-state index in [1.807, 2.05) is 18.5 Å². The van der Waals surface area contributed by atoms with E-state index < -0.39 is 0 Å². The van der Waals surface area contributed by atoms with Gasteiger partial charge in [0.25, 0.3) is 0 Å². The molecule has 0 amide bonds. The van der Waals surface area contributed by atoms with Gasteiger partial charge >= 0.3 is 0 Å². The zero-order valence-electron chi connectivity index (χ0n) is 10.2. The number of pyridine rings is 1. The van der Waals surface area contributed by atoms with Crippen LogP contribution >= 0.6 is 22.9 Å². The first-order valence-corrected chi connectivity index (χ1v) is 7.14. The standard InChI is InChI=1S/C13H16ClN3S/c1-2-16-10-7-11(9-15-8-10)17-6-5-12-3-4-13(14)18-12/h3-4,7-9,16-17H,2,5-6H2,1H3. The number of rotatable bonds is 6. The molecule has 0 unspecified atom stereocenters. The fourth-order valence-corrected chi connectivity index (χ4v) is 2.74. The Balaban J connectivity index is 1.84. The van der Waals surface area contributed by atoms with Gasteiger partial charge in [-0.1, -0.05) is 11.6 Å². The molecule has 0 fully saturated rings. The van der Waals surface area contributed by atoms with Crippen molar-refractivity contribution in [2.45, 2.75) is 13.3 Å². The Morgan fingerprint density at radius 2 is 2.00 bits per heavy atom. The van der Waals surface area contributed by atoms with E-state index in [9.17, 15) is 0 Å². The second kappa shape index (κ2) is 6.61. The fourth-order valence-electron chi connectivity index (χ4n) is 1.65. The Morgan fingerprint density at radius 3 is 2.67 bits per heavy atom. The average molecular weight is 282 g/mol. The van der Waals surface area contributed by atoms with E-state index in [4.69, 9.17) is 11.6 Å². The maximum absolute atomic E-state index is 5.89. The summed E-state index contributed by atoms with van der Waals surface area (Å²) in [5.41, 5.74) is 2.08. The molecule has 0 aliphatic rings. The molecule has 0 atom stereocenters. The Kier molecular flexibility index (Phi) is 4.84. The predicted octanol–water partition coefficient (Wildman–Crippen LogP) is 3.88. The third-order valence-electron chi connectivity index (χ3n) is 2.45. The molecule has 18 heavy (non-hydrogen) atoms. The van der Waals surface area contributed by atoms with Crippen LogP contribution in [0.2, 0.25) is 4.34 Å². The van der Waals surface area contributed by atoms with Gasteiger partial charge in [0.1, 0.15) is 0 Å². The summed E-state index contributed by atoms with van der Waals surface area (Å²) in [6.07, 6.45) is 4.64. The molecule has 3 nitrogen and oxygen atoms in total. The molecule has 2 rings (SSSR count). The van der Waals surface area contributed by atoms with E-state index in [0.717, 1.165) is 35.2 Å². The summed E-state index contributed by atoms with van der Waals surface area (Å²) >= 11 is 7.52. The first-order chi connectivity index (χ1) is 8.78. The minimum atomic E-state index is 0.848. The molecule has 2 aromatic rings. The van der Waals surface area contributed by atoms with Crippen molar-refractivity contribution in [3.63, 3.8) is 0 Å². The Bertz CT molecular complexity index is 498. The summed E-state index contributed by atoms with van der Waals surface area (Å²) in [6.45, 7) is 3.85. The number of aromatic nitrogens is 1. The van der Waals surface area contributed by atoms with Crippen molar-refractivity contribution in [2.75, 3.05) is 23.7 Å². The van der Waals surface area contributed by atoms with Crippen LogP contribution in [-0.2, 0) is 6.42 Å². The number of hydrogen-bond acceptors (Lipinski definition) is 4. The maximum atomic E-state index is 5.89. The van der Waals surface area contributed by atoms with Gasteiger partial charge in [-0.3, -0.25) is 4.98 Å². The van der Waals surface area contributed by atoms with Crippen LogP contribution in [0.1, 0.15) is 11.8 Å². The van der Waals surface area contributed by atoms with Crippen molar-refractivity contribution < 1.29 is 0 Å². The summed E-state index contributed by atoms with van der Waals surface area (Å²) in [5.74, 6) is 0. The molecule has 2 aromatic heterocycles. The van der Waals surface area contributed by atoms with Crippen LogP contribution in [0.5, 0.6) is 0 Å². The molecule has 2 heterocycles. The zero-order chi connectivity index (χ0) is 12.8. The number of hydrogen-bond donors (Lipinski definition) is 2. The first-order valence-electron chi connectivity index (χ1n) is 5.95. The van der Waals surface area contributed by atoms with Crippen LogP contribution in [0.25, 0.3) is 0 Å². The number of nitrogens with one attached hydrogen (secondary N) is 2. The molecule has 0 spiro atoms. The van der Waals surface area contributed by atoms with Gasteiger partial charge in [-0.15, -0.1) is 11.3 Å². The highest BCUT2D eigenvalue weighted by Crippen LogP contribution is 2.21. The summed E-state index contributed by atoms with van der Waals surface area (Å²) in [6, 6.07) is 6.08. The molecule has 5 heteroatoms. The molecule has 0 aromatic carbocycles. The van der Waals surface area contributed by atoms with E-state index in [2.05, 4.69) is 34.7 Å². The van der Waals surface area contributed by atoms with Gasteiger partial charge in [0.15, 0.2) is 0 Å². The average Bonchev–Trinajstić information content (AvgIpc) is 2.76. The van der Waals surface area contributed by atoms with Crippen LogP contribution in [0, 0.1) is 0 Å². The lowest BCUT2D eigenvalue weighted by atomic mass is 10.3. The number of halogens is 1. The number of thiophene rings is 1. The third kappa shape index (κ3) is 3.89. The lowest BCUT2D eigenvalue weighted by Gasteiger charge is -2.07. The third-order valence-corrected chi connectivity index (χ3v) is 3.74. The molecular weight excluding hydrogens is 266 g/mol. The van der Waals surface area contributed by atoms with E-state index >= 15 is 0 Å². The van der Waals surface area contributed by atoms with Crippen molar-refractivity contribution in [3.8, 4) is 0 Å². The first kappa shape index (κ1) is 13.2. The second-order valence-corrected chi connectivity index (χ2v) is 5.67. The van der Waals surface area contributed by atoms with Gasteiger partial charge < -0.3 is 10.6 Å². The summed E-state index contributed by atoms with van der Waals surface area (Å²) in [7, 11) is 0. The Hall–Kier alpha value is -1.26. The van der Waals surface area contributed by atoms with Crippen LogP contribution in [-0.4, -0.2) is 18.1 Å². The molecule has 0 aliphatic heterocycles. The highest BCUT2D eigenvalue weighted by atomic mass is 35.5. The van der Waals surface area contributed by atoms with Crippen LogP contribution in [0.15, 0.2) is 30.6 Å². The largest absolute Gasteiger partial charge is 0.384 e. The van der Waals surface area contributed by atoms with Gasteiger partial charge in [0.05, 0.1) is 28.1 Å². The van der Waals surface area contributed by atoms with Gasteiger partial charge in [0.2, 0.25) is 0 Å². The van der Waals surface area contributed by atoms with Gasteiger partial charge in [-0.05, 0) is 31.5 Å². The van der Waals surface area contributed by atoms with E-state index in [1.165, 1.54) is 4.88 Å². The predicted molar refractivity (Wildman–Crippen MR) is 79.9 cm³/mol. The SMILES string of the molecule is CCNc1cncc(NCCc2ccc(Cl)s2)c1. The fraction of sp³-hybridized carbons (Fsp3) is 0.308. The van der Waals surface area contributed by atoms with Gasteiger partial charge in [-0.2, -0.15) is 0 Å². The highest BCUT2D eigenvalue weighted by molar-refractivity contribution is 7.16. The van der Waals surface area contributed by atoms with Crippen molar-refractivity contribution in [1.82, 2.24) is 4.98 Å². The second-order valence-electron chi connectivity index (χ2n) is 3.88. The van der Waals surface area contributed by atoms with E-state index in [-0.39, 0.29) is 0 Å². The van der Waals surface area contributed by atoms with Gasteiger partial charge in [-0.25, -0.2) is 0 Å². The molecule has 0 saturated heterocycles. The quantitative estimate of drug-likeness (QED) is 0.844. The lowest BCUT2D eigenvalue weighted by molar-refractivity contribution is 1.04. The van der Waals surface area contributed by atoms with Gasteiger partial charge in [0, 0.05) is 18.0 Å². The molecule has 0 bridgehead atoms. The van der Waals surface area contributed by atoms with Crippen molar-refractivity contribution in [2.24, 2.45) is 0 Å². The Labute approximate surface area is 116 Å². The summed E-state index contributed by atoms with van der Waals surface area (Å²) in [4.78, 5) is 5.48. The van der Waals surface area contributed by atoms with E-state index in [0.29, 0.717) is 0 Å². The van der Waals surface area contributed by atoms with Crippen LogP contribution < -0.4 is 10.6 Å².